The molecule has 3 N–H and O–H groups in total. The van der Waals surface area contributed by atoms with E-state index in [4.69, 9.17) is 4.74 Å². The molecule has 6 nitrogen and oxygen atoms in total. The highest BCUT2D eigenvalue weighted by Crippen LogP contribution is 2.19. The number of rotatable bonds is 72. The van der Waals surface area contributed by atoms with Gasteiger partial charge in [0.05, 0.1) is 25.4 Å². The van der Waals surface area contributed by atoms with Gasteiger partial charge in [0.2, 0.25) is 5.91 Å². The van der Waals surface area contributed by atoms with E-state index in [1.165, 1.54) is 340 Å². The van der Waals surface area contributed by atoms with Crippen molar-refractivity contribution < 1.29 is 24.5 Å². The number of carbonyl (C=O) groups excluding carboxylic acids is 2. The molecule has 0 aromatic heterocycles. The van der Waals surface area contributed by atoms with Crippen LogP contribution in [0.4, 0.5) is 0 Å². The normalized spacial score (nSPS) is 12.7. The molecule has 0 aliphatic heterocycles. The molecule has 2 unspecified atom stereocenters. The first-order valence-electron chi connectivity index (χ1n) is 38.2. The van der Waals surface area contributed by atoms with E-state index in [-0.39, 0.29) is 18.5 Å². The van der Waals surface area contributed by atoms with Crippen molar-refractivity contribution in [2.24, 2.45) is 0 Å². The van der Waals surface area contributed by atoms with Gasteiger partial charge in [0.25, 0.3) is 0 Å². The molecular weight excluding hydrogens is 1030 g/mol. The van der Waals surface area contributed by atoms with Crippen molar-refractivity contribution in [3.8, 4) is 0 Å². The molecule has 84 heavy (non-hydrogen) atoms. The van der Waals surface area contributed by atoms with Crippen LogP contribution in [0.1, 0.15) is 425 Å². The van der Waals surface area contributed by atoms with Crippen LogP contribution in [-0.2, 0) is 14.3 Å². The molecule has 2 atom stereocenters. The first-order chi connectivity index (χ1) is 41.5. The maximum absolute atomic E-state index is 12.6. The van der Waals surface area contributed by atoms with Gasteiger partial charge in [-0.15, -0.1) is 0 Å². The number of carbonyl (C=O) groups is 2. The molecule has 0 saturated carbocycles. The number of hydrogen-bond acceptors (Lipinski definition) is 5. The molecular formula is C78H149NO5. The van der Waals surface area contributed by atoms with E-state index in [0.717, 1.165) is 51.4 Å². The van der Waals surface area contributed by atoms with Gasteiger partial charge in [-0.25, -0.2) is 0 Å². The second kappa shape index (κ2) is 73.5. The van der Waals surface area contributed by atoms with Crippen LogP contribution in [0.3, 0.4) is 0 Å². The van der Waals surface area contributed by atoms with Gasteiger partial charge in [0.15, 0.2) is 0 Å². The number of ether oxygens (including phenoxy) is 1. The fourth-order valence-electron chi connectivity index (χ4n) is 12.1. The van der Waals surface area contributed by atoms with Gasteiger partial charge in [0.1, 0.15) is 0 Å². The fourth-order valence-corrected chi connectivity index (χ4v) is 12.1. The van der Waals surface area contributed by atoms with Gasteiger partial charge in [-0.2, -0.15) is 0 Å². The minimum Gasteiger partial charge on any atom is -0.466 e. The second-order valence-corrected chi connectivity index (χ2v) is 26.3. The lowest BCUT2D eigenvalue weighted by Crippen LogP contribution is -2.45. The number of esters is 1. The van der Waals surface area contributed by atoms with Gasteiger partial charge in [0, 0.05) is 12.8 Å². The summed E-state index contributed by atoms with van der Waals surface area (Å²) in [6.45, 7) is 4.95. The highest BCUT2D eigenvalue weighted by Gasteiger charge is 2.20. The van der Waals surface area contributed by atoms with Crippen LogP contribution in [0.5, 0.6) is 0 Å². The molecule has 0 aliphatic rings. The maximum Gasteiger partial charge on any atom is 0.305 e. The summed E-state index contributed by atoms with van der Waals surface area (Å²) in [5, 5.41) is 23.4. The molecule has 0 spiro atoms. The summed E-state index contributed by atoms with van der Waals surface area (Å²) in [6.07, 6.45) is 95.1. The van der Waals surface area contributed by atoms with E-state index in [1.807, 2.05) is 0 Å². The SMILES string of the molecule is CCCC/C=C\CCCCCCCC(=O)OCCCCCCCCCCCCC/C=C\C/C=C\CCCCCCCCCCCCCCCCCCCC(=O)NC(CO)C(O)CCCCCCCCCCCCCCCCCCCCCCC. The Balaban J connectivity index is 3.38. The lowest BCUT2D eigenvalue weighted by atomic mass is 10.0. The molecule has 0 fully saturated rings. The predicted molar refractivity (Wildman–Crippen MR) is 370 cm³/mol. The summed E-state index contributed by atoms with van der Waals surface area (Å²) in [7, 11) is 0. The molecule has 0 heterocycles. The Morgan fingerprint density at radius 3 is 0.952 bits per heavy atom. The zero-order chi connectivity index (χ0) is 60.6. The smallest absolute Gasteiger partial charge is 0.305 e. The summed E-state index contributed by atoms with van der Waals surface area (Å²) in [4.78, 5) is 24.6. The van der Waals surface area contributed by atoms with Crippen molar-refractivity contribution in [3.05, 3.63) is 36.5 Å². The van der Waals surface area contributed by atoms with Crippen molar-refractivity contribution in [2.75, 3.05) is 13.2 Å². The summed E-state index contributed by atoms with van der Waals surface area (Å²) in [5.41, 5.74) is 0. The largest absolute Gasteiger partial charge is 0.466 e. The van der Waals surface area contributed by atoms with Crippen molar-refractivity contribution in [1.29, 1.82) is 0 Å². The van der Waals surface area contributed by atoms with Gasteiger partial charge in [-0.1, -0.05) is 371 Å². The highest BCUT2D eigenvalue weighted by molar-refractivity contribution is 5.76. The quantitative estimate of drug-likeness (QED) is 0.0320. The third-order valence-electron chi connectivity index (χ3n) is 17.9. The Kier molecular flexibility index (Phi) is 71.9. The predicted octanol–water partition coefficient (Wildman–Crippen LogP) is 25.0. The van der Waals surface area contributed by atoms with Gasteiger partial charge in [-0.05, 0) is 77.0 Å². The topological polar surface area (TPSA) is 95.9 Å². The molecule has 0 radical (unpaired) electrons. The summed E-state index contributed by atoms with van der Waals surface area (Å²) >= 11 is 0. The summed E-state index contributed by atoms with van der Waals surface area (Å²) in [5.74, 6) is -0.0218. The van der Waals surface area contributed by atoms with Crippen LogP contribution in [0.15, 0.2) is 36.5 Å². The molecule has 0 aromatic carbocycles. The summed E-state index contributed by atoms with van der Waals surface area (Å²) < 4.78 is 5.47. The van der Waals surface area contributed by atoms with Crippen LogP contribution < -0.4 is 5.32 Å². The molecule has 0 rings (SSSR count). The van der Waals surface area contributed by atoms with Crippen molar-refractivity contribution >= 4 is 11.9 Å². The minimum atomic E-state index is -0.664. The number of allylic oxidation sites excluding steroid dienone is 6. The zero-order valence-electron chi connectivity index (χ0n) is 56.9. The fraction of sp³-hybridized carbons (Fsp3) is 0.897. The van der Waals surface area contributed by atoms with E-state index in [1.54, 1.807) is 0 Å². The third kappa shape index (κ3) is 69.2. The number of hydrogen-bond donors (Lipinski definition) is 3. The third-order valence-corrected chi connectivity index (χ3v) is 17.9. The van der Waals surface area contributed by atoms with Crippen LogP contribution in [0.25, 0.3) is 0 Å². The number of nitrogens with one attached hydrogen (secondary N) is 1. The summed E-state index contributed by atoms with van der Waals surface area (Å²) in [6, 6.07) is -0.541. The van der Waals surface area contributed by atoms with E-state index in [9.17, 15) is 19.8 Å². The Bertz CT molecular complexity index is 1360. The van der Waals surface area contributed by atoms with Crippen molar-refractivity contribution in [2.45, 2.75) is 437 Å². The average Bonchev–Trinajstić information content (AvgIpc) is 3.51. The molecule has 0 saturated heterocycles. The monoisotopic (exact) mass is 1180 g/mol. The van der Waals surface area contributed by atoms with E-state index >= 15 is 0 Å². The van der Waals surface area contributed by atoms with Gasteiger partial charge in [-0.3, -0.25) is 9.59 Å². The lowest BCUT2D eigenvalue weighted by Gasteiger charge is -2.22. The van der Waals surface area contributed by atoms with Crippen LogP contribution in [0, 0.1) is 0 Å². The standard InChI is InChI=1S/C78H149NO5/c1-3-5-7-9-11-13-15-16-17-18-19-35-38-41-44-47-51-54-58-62-66-70-76(81)75(74-80)79-77(82)71-67-63-59-55-52-48-45-42-39-36-33-31-29-27-25-23-21-20-22-24-26-28-30-32-34-37-40-43-46-49-53-57-61-65-69-73-84-78(83)72-68-64-60-56-50-14-12-10-8-6-4-2/h10,12,22,24,28,30,75-76,80-81H,3-9,11,13-21,23,25-27,29,31-74H2,1-2H3,(H,79,82)/b12-10-,24-22-,30-28-. The Labute approximate surface area is 525 Å². The highest BCUT2D eigenvalue weighted by atomic mass is 16.5. The number of amides is 1. The minimum absolute atomic E-state index is 0.00608. The van der Waals surface area contributed by atoms with Crippen molar-refractivity contribution in [1.82, 2.24) is 5.32 Å². The first kappa shape index (κ1) is 82.1. The molecule has 6 heteroatoms. The van der Waals surface area contributed by atoms with E-state index < -0.39 is 12.1 Å². The van der Waals surface area contributed by atoms with Gasteiger partial charge < -0.3 is 20.3 Å². The van der Waals surface area contributed by atoms with Crippen molar-refractivity contribution in [3.63, 3.8) is 0 Å². The second-order valence-electron chi connectivity index (χ2n) is 26.3. The van der Waals surface area contributed by atoms with E-state index in [0.29, 0.717) is 25.9 Å². The number of unbranched alkanes of at least 4 members (excludes halogenated alkanes) is 55. The average molecular weight is 1180 g/mol. The van der Waals surface area contributed by atoms with Crippen LogP contribution in [0.2, 0.25) is 0 Å². The van der Waals surface area contributed by atoms with Gasteiger partial charge >= 0.3 is 5.97 Å². The van der Waals surface area contributed by atoms with Crippen LogP contribution >= 0.6 is 0 Å². The van der Waals surface area contributed by atoms with Crippen LogP contribution in [-0.4, -0.2) is 47.4 Å². The maximum atomic E-state index is 12.6. The lowest BCUT2D eigenvalue weighted by molar-refractivity contribution is -0.143. The number of aliphatic hydroxyl groups excluding tert-OH is 2. The Morgan fingerprint density at radius 1 is 0.333 bits per heavy atom. The first-order valence-corrected chi connectivity index (χ1v) is 38.2. The molecule has 0 aliphatic carbocycles. The molecule has 1 amide bonds. The van der Waals surface area contributed by atoms with E-state index in [2.05, 4.69) is 55.6 Å². The molecule has 0 bridgehead atoms. The molecule has 0 aromatic rings. The zero-order valence-corrected chi connectivity index (χ0v) is 56.9. The number of aliphatic hydroxyl groups is 2. The Morgan fingerprint density at radius 2 is 0.607 bits per heavy atom. The molecule has 496 valence electrons. The Hall–Kier alpha value is -1.92.